The minimum absolute atomic E-state index is 0.0169. The number of aromatic nitrogens is 3. The summed E-state index contributed by atoms with van der Waals surface area (Å²) in [4.78, 5) is 9.05. The molecule has 0 saturated heterocycles. The van der Waals surface area contributed by atoms with Crippen molar-refractivity contribution >= 4 is 11.3 Å². The van der Waals surface area contributed by atoms with E-state index in [4.69, 9.17) is 4.74 Å². The number of thiazole rings is 1. The predicted molar refractivity (Wildman–Crippen MR) is 77.6 cm³/mol. The van der Waals surface area contributed by atoms with E-state index in [-0.39, 0.29) is 6.10 Å². The standard InChI is InChI=1S/C14H21N3OS/c1-5-18-11(4)13-15-6-7-17(13)8-12-9-19-14(16-12)10(2)3/h6-7,9-11H,5,8H2,1-4H3/t11-/m0/s1. The Morgan fingerprint density at radius 2 is 2.16 bits per heavy atom. The molecule has 2 aromatic heterocycles. The van der Waals surface area contributed by atoms with Crippen molar-refractivity contribution in [1.29, 1.82) is 0 Å². The summed E-state index contributed by atoms with van der Waals surface area (Å²) in [6.07, 6.45) is 3.82. The third-order valence-corrected chi connectivity index (χ3v) is 4.12. The van der Waals surface area contributed by atoms with Crippen molar-refractivity contribution in [3.63, 3.8) is 0 Å². The number of hydrogen-bond donors (Lipinski definition) is 0. The Balaban J connectivity index is 2.12. The van der Waals surface area contributed by atoms with Crippen LogP contribution in [0.4, 0.5) is 0 Å². The molecule has 0 aliphatic heterocycles. The van der Waals surface area contributed by atoms with Crippen LogP contribution in [0.25, 0.3) is 0 Å². The molecule has 2 rings (SSSR count). The highest BCUT2D eigenvalue weighted by molar-refractivity contribution is 7.09. The number of ether oxygens (including phenoxy) is 1. The first-order valence-electron chi connectivity index (χ1n) is 6.68. The van der Waals surface area contributed by atoms with Crippen LogP contribution in [0.1, 0.15) is 56.2 Å². The molecule has 2 heterocycles. The fourth-order valence-electron chi connectivity index (χ4n) is 1.97. The molecule has 0 saturated carbocycles. The van der Waals surface area contributed by atoms with Crippen LogP contribution in [-0.4, -0.2) is 21.1 Å². The highest BCUT2D eigenvalue weighted by Crippen LogP contribution is 2.21. The monoisotopic (exact) mass is 279 g/mol. The van der Waals surface area contributed by atoms with Gasteiger partial charge in [0.2, 0.25) is 0 Å². The Morgan fingerprint density at radius 1 is 1.37 bits per heavy atom. The van der Waals surface area contributed by atoms with Crippen LogP contribution in [0.15, 0.2) is 17.8 Å². The zero-order chi connectivity index (χ0) is 13.8. The molecule has 0 spiro atoms. The normalized spacial score (nSPS) is 13.1. The molecule has 2 aromatic rings. The molecule has 5 heteroatoms. The summed E-state index contributed by atoms with van der Waals surface area (Å²) in [5, 5.41) is 3.32. The second-order valence-corrected chi connectivity index (χ2v) is 5.73. The summed E-state index contributed by atoms with van der Waals surface area (Å²) in [7, 11) is 0. The Labute approximate surface area is 118 Å². The molecule has 0 N–H and O–H groups in total. The van der Waals surface area contributed by atoms with Gasteiger partial charge in [0.25, 0.3) is 0 Å². The number of nitrogens with zero attached hydrogens (tertiary/aromatic N) is 3. The van der Waals surface area contributed by atoms with Crippen molar-refractivity contribution in [1.82, 2.24) is 14.5 Å². The van der Waals surface area contributed by atoms with Crippen LogP contribution >= 0.6 is 11.3 Å². The van der Waals surface area contributed by atoms with Gasteiger partial charge in [0.1, 0.15) is 11.9 Å². The van der Waals surface area contributed by atoms with Gasteiger partial charge in [-0.2, -0.15) is 0 Å². The Morgan fingerprint density at radius 3 is 2.79 bits per heavy atom. The van der Waals surface area contributed by atoms with Crippen molar-refractivity contribution < 1.29 is 4.74 Å². The SMILES string of the molecule is CCO[C@@H](C)c1nccn1Cc1csc(C(C)C)n1. The van der Waals surface area contributed by atoms with Gasteiger partial charge in [-0.15, -0.1) is 11.3 Å². The highest BCUT2D eigenvalue weighted by Gasteiger charge is 2.13. The van der Waals surface area contributed by atoms with E-state index in [0.29, 0.717) is 12.5 Å². The molecule has 19 heavy (non-hydrogen) atoms. The minimum atomic E-state index is 0.0169. The van der Waals surface area contributed by atoms with Gasteiger partial charge in [0.05, 0.1) is 17.2 Å². The molecule has 0 unspecified atom stereocenters. The molecule has 0 aliphatic rings. The van der Waals surface area contributed by atoms with Gasteiger partial charge in [0.15, 0.2) is 0 Å². The molecular weight excluding hydrogens is 258 g/mol. The van der Waals surface area contributed by atoms with Crippen LogP contribution in [0.5, 0.6) is 0 Å². The lowest BCUT2D eigenvalue weighted by atomic mass is 10.2. The van der Waals surface area contributed by atoms with E-state index in [1.54, 1.807) is 11.3 Å². The quantitative estimate of drug-likeness (QED) is 0.811. The molecule has 1 atom stereocenters. The van der Waals surface area contributed by atoms with Crippen molar-refractivity contribution in [2.24, 2.45) is 0 Å². The maximum absolute atomic E-state index is 5.61. The fraction of sp³-hybridized carbons (Fsp3) is 0.571. The molecule has 4 nitrogen and oxygen atoms in total. The zero-order valence-electron chi connectivity index (χ0n) is 12.0. The van der Waals surface area contributed by atoms with E-state index in [0.717, 1.165) is 18.1 Å². The number of hydrogen-bond acceptors (Lipinski definition) is 4. The van der Waals surface area contributed by atoms with E-state index in [9.17, 15) is 0 Å². The van der Waals surface area contributed by atoms with Crippen LogP contribution < -0.4 is 0 Å². The first-order valence-corrected chi connectivity index (χ1v) is 7.56. The molecule has 0 bridgehead atoms. The van der Waals surface area contributed by atoms with Gasteiger partial charge in [-0.3, -0.25) is 0 Å². The lowest BCUT2D eigenvalue weighted by Crippen LogP contribution is -2.10. The van der Waals surface area contributed by atoms with Gasteiger partial charge >= 0.3 is 0 Å². The summed E-state index contributed by atoms with van der Waals surface area (Å²) < 4.78 is 7.72. The van der Waals surface area contributed by atoms with Crippen LogP contribution in [0.2, 0.25) is 0 Å². The van der Waals surface area contributed by atoms with Crippen LogP contribution in [-0.2, 0) is 11.3 Å². The first kappa shape index (κ1) is 14.2. The van der Waals surface area contributed by atoms with Crippen molar-refractivity contribution in [2.45, 2.75) is 46.3 Å². The average Bonchev–Trinajstić information content (AvgIpc) is 2.99. The number of rotatable bonds is 6. The molecule has 104 valence electrons. The summed E-state index contributed by atoms with van der Waals surface area (Å²) in [5.74, 6) is 1.45. The molecule has 0 radical (unpaired) electrons. The van der Waals surface area contributed by atoms with E-state index in [2.05, 4.69) is 33.8 Å². The van der Waals surface area contributed by atoms with Crippen molar-refractivity contribution in [3.8, 4) is 0 Å². The van der Waals surface area contributed by atoms with E-state index in [1.807, 2.05) is 26.2 Å². The van der Waals surface area contributed by atoms with E-state index in [1.165, 1.54) is 5.01 Å². The lowest BCUT2D eigenvalue weighted by molar-refractivity contribution is 0.0677. The fourth-order valence-corrected chi connectivity index (χ4v) is 2.80. The molecule has 0 fully saturated rings. The zero-order valence-corrected chi connectivity index (χ0v) is 12.8. The third-order valence-electron chi connectivity index (χ3n) is 2.92. The second kappa shape index (κ2) is 6.30. The third kappa shape index (κ3) is 3.42. The van der Waals surface area contributed by atoms with Gasteiger partial charge in [-0.1, -0.05) is 13.8 Å². The Bertz CT molecular complexity index is 518. The average molecular weight is 279 g/mol. The summed E-state index contributed by atoms with van der Waals surface area (Å²) in [6.45, 7) is 9.82. The molecular formula is C14H21N3OS. The van der Waals surface area contributed by atoms with Gasteiger partial charge in [-0.05, 0) is 13.8 Å². The van der Waals surface area contributed by atoms with Crippen molar-refractivity contribution in [3.05, 3.63) is 34.3 Å². The topological polar surface area (TPSA) is 39.9 Å². The lowest BCUT2D eigenvalue weighted by Gasteiger charge is -2.13. The highest BCUT2D eigenvalue weighted by atomic mass is 32.1. The maximum Gasteiger partial charge on any atom is 0.137 e. The smallest absolute Gasteiger partial charge is 0.137 e. The minimum Gasteiger partial charge on any atom is -0.371 e. The van der Waals surface area contributed by atoms with E-state index < -0.39 is 0 Å². The van der Waals surface area contributed by atoms with Crippen LogP contribution in [0.3, 0.4) is 0 Å². The molecule has 0 aliphatic carbocycles. The summed E-state index contributed by atoms with van der Waals surface area (Å²) in [5.41, 5.74) is 1.09. The second-order valence-electron chi connectivity index (χ2n) is 4.84. The Hall–Kier alpha value is -1.20. The van der Waals surface area contributed by atoms with E-state index >= 15 is 0 Å². The first-order chi connectivity index (χ1) is 9.11. The largest absolute Gasteiger partial charge is 0.371 e. The number of imidazole rings is 1. The predicted octanol–water partition coefficient (Wildman–Crippen LogP) is 3.61. The van der Waals surface area contributed by atoms with Gasteiger partial charge in [-0.25, -0.2) is 9.97 Å². The van der Waals surface area contributed by atoms with Crippen molar-refractivity contribution in [2.75, 3.05) is 6.61 Å². The summed E-state index contributed by atoms with van der Waals surface area (Å²) in [6, 6.07) is 0. The molecule has 0 amide bonds. The van der Waals surface area contributed by atoms with Gasteiger partial charge < -0.3 is 9.30 Å². The maximum atomic E-state index is 5.61. The molecule has 0 aromatic carbocycles. The van der Waals surface area contributed by atoms with Gasteiger partial charge in [0, 0.05) is 30.3 Å². The van der Waals surface area contributed by atoms with Crippen LogP contribution in [0, 0.1) is 0 Å². The Kier molecular flexibility index (Phi) is 4.71. The summed E-state index contributed by atoms with van der Waals surface area (Å²) >= 11 is 1.73.